The van der Waals surface area contributed by atoms with Crippen molar-refractivity contribution in [2.75, 3.05) is 0 Å². The molecule has 0 aliphatic rings. The summed E-state index contributed by atoms with van der Waals surface area (Å²) in [6.45, 7) is 5.64. The Morgan fingerprint density at radius 3 is 2.77 bits per heavy atom. The van der Waals surface area contributed by atoms with E-state index in [0.29, 0.717) is 5.69 Å². The number of nitrogens with one attached hydrogen (secondary N) is 1. The number of H-pyrrole nitrogens is 1. The van der Waals surface area contributed by atoms with E-state index in [1.165, 1.54) is 6.21 Å². The van der Waals surface area contributed by atoms with E-state index in [-0.39, 0.29) is 4.75 Å². The first-order chi connectivity index (χ1) is 6.00. The van der Waals surface area contributed by atoms with Gasteiger partial charge in [0, 0.05) is 6.20 Å². The van der Waals surface area contributed by atoms with Crippen LogP contribution in [0.15, 0.2) is 16.9 Å². The summed E-state index contributed by atoms with van der Waals surface area (Å²) in [5.74, 6) is 0. The third-order valence-electron chi connectivity index (χ3n) is 1.32. The molecule has 0 radical (unpaired) electrons. The van der Waals surface area contributed by atoms with Gasteiger partial charge in [0.25, 0.3) is 0 Å². The zero-order valence-corrected chi connectivity index (χ0v) is 8.76. The fourth-order valence-electron chi connectivity index (χ4n) is 0.602. The van der Waals surface area contributed by atoms with Crippen LogP contribution in [0, 0.1) is 0 Å². The predicted molar refractivity (Wildman–Crippen MR) is 54.1 cm³/mol. The van der Waals surface area contributed by atoms with Gasteiger partial charge >= 0.3 is 0 Å². The lowest BCUT2D eigenvalue weighted by Crippen LogP contribution is -2.25. The average molecular weight is 199 g/mol. The fourth-order valence-corrected chi connectivity index (χ4v) is 1.12. The molecule has 1 aromatic rings. The summed E-state index contributed by atoms with van der Waals surface area (Å²) in [4.78, 5) is 6.72. The molecule has 13 heavy (non-hydrogen) atoms. The van der Waals surface area contributed by atoms with Crippen LogP contribution in [-0.2, 0) is 11.4 Å². The van der Waals surface area contributed by atoms with Gasteiger partial charge in [0.2, 0.25) is 0 Å². The molecule has 0 spiro atoms. The Kier molecular flexibility index (Phi) is 3.11. The number of aromatic nitrogens is 2. The van der Waals surface area contributed by atoms with Crippen molar-refractivity contribution in [3.05, 3.63) is 18.2 Å². The highest BCUT2D eigenvalue weighted by Crippen LogP contribution is 2.16. The number of hydrogen-bond donors (Lipinski definition) is 1. The van der Waals surface area contributed by atoms with E-state index in [0.717, 1.165) is 0 Å². The van der Waals surface area contributed by atoms with Crippen molar-refractivity contribution < 1.29 is 4.55 Å². The van der Waals surface area contributed by atoms with Crippen LogP contribution in [0.5, 0.6) is 0 Å². The molecule has 0 saturated carbocycles. The standard InChI is InChI=1S/C8H13N3OS/c1-8(2,3)13(12)11-5-7-4-9-6-10-7/h4-6H,1-3H3,(H,9,10)/b11-5+/t13-/m0/s1. The number of rotatable bonds is 2. The summed E-state index contributed by atoms with van der Waals surface area (Å²) in [5, 5.41) is 0. The van der Waals surface area contributed by atoms with E-state index in [1.54, 1.807) is 12.5 Å². The minimum absolute atomic E-state index is 0.313. The molecule has 0 unspecified atom stereocenters. The lowest BCUT2D eigenvalue weighted by atomic mass is 10.3. The number of hydrogen-bond acceptors (Lipinski definition) is 3. The monoisotopic (exact) mass is 199 g/mol. The van der Waals surface area contributed by atoms with Crippen LogP contribution in [0.25, 0.3) is 0 Å². The Morgan fingerprint density at radius 2 is 2.31 bits per heavy atom. The minimum atomic E-state index is -1.21. The normalized spacial score (nSPS) is 15.1. The van der Waals surface area contributed by atoms with Crippen LogP contribution < -0.4 is 0 Å². The summed E-state index contributed by atoms with van der Waals surface area (Å²) < 4.78 is 15.0. The smallest absolute Gasteiger partial charge is 0.144 e. The molecule has 0 amide bonds. The highest BCUT2D eigenvalue weighted by atomic mass is 32.2. The molecule has 0 aliphatic carbocycles. The molecule has 0 aromatic carbocycles. The molecular formula is C8H13N3OS. The maximum atomic E-state index is 11.4. The number of imidazole rings is 1. The molecule has 5 heteroatoms. The molecular weight excluding hydrogens is 186 g/mol. The van der Waals surface area contributed by atoms with Crippen LogP contribution >= 0.6 is 0 Å². The molecule has 4 nitrogen and oxygen atoms in total. The third kappa shape index (κ3) is 3.20. The molecule has 0 bridgehead atoms. The number of nitrogens with zero attached hydrogens (tertiary/aromatic N) is 2. The Bertz CT molecular complexity index is 276. The van der Waals surface area contributed by atoms with Crippen LogP contribution in [0.1, 0.15) is 26.5 Å². The van der Waals surface area contributed by atoms with Crippen LogP contribution in [0.4, 0.5) is 0 Å². The van der Waals surface area contributed by atoms with Crippen molar-refractivity contribution >= 4 is 17.6 Å². The van der Waals surface area contributed by atoms with Crippen molar-refractivity contribution in [2.45, 2.75) is 25.5 Å². The molecule has 0 saturated heterocycles. The summed E-state index contributed by atoms with van der Waals surface area (Å²) in [7, 11) is 0. The molecule has 1 atom stereocenters. The Labute approximate surface area is 80.8 Å². The maximum absolute atomic E-state index is 11.4. The lowest BCUT2D eigenvalue weighted by molar-refractivity contribution is 0.562. The van der Waals surface area contributed by atoms with E-state index in [4.69, 9.17) is 0 Å². The van der Waals surface area contributed by atoms with Crippen molar-refractivity contribution in [3.63, 3.8) is 0 Å². The first kappa shape index (κ1) is 10.3. The lowest BCUT2D eigenvalue weighted by Gasteiger charge is -2.17. The zero-order valence-electron chi connectivity index (χ0n) is 7.94. The largest absolute Gasteiger partial charge is 0.591 e. The number of aromatic amines is 1. The second-order valence-corrected chi connectivity index (χ2v) is 5.52. The summed E-state index contributed by atoms with van der Waals surface area (Å²) in [5.41, 5.74) is 0.692. The van der Waals surface area contributed by atoms with Gasteiger partial charge in [-0.1, -0.05) is 4.40 Å². The van der Waals surface area contributed by atoms with Gasteiger partial charge in [0.05, 0.1) is 6.33 Å². The molecule has 0 fully saturated rings. The first-order valence-electron chi connectivity index (χ1n) is 3.95. The van der Waals surface area contributed by atoms with Crippen LogP contribution in [0.2, 0.25) is 0 Å². The molecule has 72 valence electrons. The average Bonchev–Trinajstić information content (AvgIpc) is 2.50. The fraction of sp³-hybridized carbons (Fsp3) is 0.500. The van der Waals surface area contributed by atoms with Crippen molar-refractivity contribution in [1.29, 1.82) is 0 Å². The topological polar surface area (TPSA) is 64.1 Å². The quantitative estimate of drug-likeness (QED) is 0.576. The summed E-state index contributed by atoms with van der Waals surface area (Å²) in [6.07, 6.45) is 4.77. The highest BCUT2D eigenvalue weighted by Gasteiger charge is 2.25. The first-order valence-corrected chi connectivity index (χ1v) is 5.05. The van der Waals surface area contributed by atoms with Crippen LogP contribution in [0.3, 0.4) is 0 Å². The van der Waals surface area contributed by atoms with E-state index >= 15 is 0 Å². The van der Waals surface area contributed by atoms with Crippen molar-refractivity contribution in [3.8, 4) is 0 Å². The Morgan fingerprint density at radius 1 is 1.62 bits per heavy atom. The van der Waals surface area contributed by atoms with Crippen molar-refractivity contribution in [2.24, 2.45) is 4.40 Å². The molecule has 1 aromatic heterocycles. The molecule has 1 N–H and O–H groups in total. The second-order valence-electron chi connectivity index (χ2n) is 3.59. The zero-order chi connectivity index (χ0) is 9.90. The molecule has 0 aliphatic heterocycles. The highest BCUT2D eigenvalue weighted by molar-refractivity contribution is 7.91. The summed E-state index contributed by atoms with van der Waals surface area (Å²) in [6, 6.07) is 0. The van der Waals surface area contributed by atoms with E-state index in [2.05, 4.69) is 14.4 Å². The molecule has 1 rings (SSSR count). The van der Waals surface area contributed by atoms with E-state index in [9.17, 15) is 4.55 Å². The van der Waals surface area contributed by atoms with Gasteiger partial charge in [-0.2, -0.15) is 0 Å². The van der Waals surface area contributed by atoms with Gasteiger partial charge in [0.1, 0.15) is 28.0 Å². The van der Waals surface area contributed by atoms with Gasteiger partial charge in [-0.15, -0.1) is 0 Å². The minimum Gasteiger partial charge on any atom is -0.591 e. The SMILES string of the molecule is CC(C)(C)[S@+]([O-])/N=C/c1c[nH]cn1. The van der Waals surface area contributed by atoms with Crippen LogP contribution in [-0.4, -0.2) is 25.5 Å². The van der Waals surface area contributed by atoms with Gasteiger partial charge in [-0.25, -0.2) is 4.98 Å². The van der Waals surface area contributed by atoms with E-state index < -0.39 is 11.4 Å². The second kappa shape index (κ2) is 3.93. The molecule has 1 heterocycles. The summed E-state index contributed by atoms with van der Waals surface area (Å²) >= 11 is -1.21. The Balaban J connectivity index is 2.59. The Hall–Kier alpha value is -0.810. The van der Waals surface area contributed by atoms with Gasteiger partial charge < -0.3 is 9.54 Å². The van der Waals surface area contributed by atoms with Gasteiger partial charge in [0.15, 0.2) is 0 Å². The maximum Gasteiger partial charge on any atom is 0.144 e. The third-order valence-corrected chi connectivity index (χ3v) is 2.67. The van der Waals surface area contributed by atoms with Gasteiger partial charge in [-0.3, -0.25) is 0 Å². The predicted octanol–water partition coefficient (Wildman–Crippen LogP) is 1.29. The van der Waals surface area contributed by atoms with Gasteiger partial charge in [-0.05, 0) is 20.8 Å². The van der Waals surface area contributed by atoms with Crippen molar-refractivity contribution in [1.82, 2.24) is 9.97 Å². The van der Waals surface area contributed by atoms with E-state index in [1.807, 2.05) is 20.8 Å².